The standard InChI is InChI=1S/C26H42O4/c1-23(2,3)18-29-22(28)26(9,10)16-15-25(7,8)17-19-13-11-12-14-20(19)30-21(27)24(4,5)6/h11-14H,15-18H2,1-10H3. The maximum atomic E-state index is 12.6. The van der Waals surface area contributed by atoms with Gasteiger partial charge in [-0.25, -0.2) is 0 Å². The van der Waals surface area contributed by atoms with Gasteiger partial charge in [-0.2, -0.15) is 0 Å². The van der Waals surface area contributed by atoms with Crippen LogP contribution < -0.4 is 4.74 Å². The molecule has 0 aliphatic heterocycles. The number of esters is 2. The summed E-state index contributed by atoms with van der Waals surface area (Å²) in [6, 6.07) is 7.71. The number of hydrogen-bond acceptors (Lipinski definition) is 4. The van der Waals surface area contributed by atoms with E-state index in [9.17, 15) is 9.59 Å². The fraction of sp³-hybridized carbons (Fsp3) is 0.692. The van der Waals surface area contributed by atoms with Crippen molar-refractivity contribution in [3.63, 3.8) is 0 Å². The van der Waals surface area contributed by atoms with E-state index in [1.54, 1.807) is 0 Å². The number of benzene rings is 1. The van der Waals surface area contributed by atoms with E-state index < -0.39 is 10.8 Å². The molecule has 0 fully saturated rings. The van der Waals surface area contributed by atoms with Crippen LogP contribution in [0, 0.1) is 21.7 Å². The molecule has 0 radical (unpaired) electrons. The lowest BCUT2D eigenvalue weighted by Crippen LogP contribution is -2.31. The molecular weight excluding hydrogens is 376 g/mol. The van der Waals surface area contributed by atoms with Gasteiger partial charge in [0.05, 0.1) is 17.4 Å². The number of carbonyl (C=O) groups is 2. The second kappa shape index (κ2) is 9.53. The van der Waals surface area contributed by atoms with Crippen LogP contribution in [0.2, 0.25) is 0 Å². The van der Waals surface area contributed by atoms with Crippen LogP contribution in [0.25, 0.3) is 0 Å². The highest BCUT2D eigenvalue weighted by atomic mass is 16.5. The molecular formula is C26H42O4. The highest BCUT2D eigenvalue weighted by Gasteiger charge is 2.33. The van der Waals surface area contributed by atoms with Crippen molar-refractivity contribution in [3.8, 4) is 5.75 Å². The molecule has 0 bridgehead atoms. The van der Waals surface area contributed by atoms with Crippen LogP contribution in [-0.2, 0) is 20.7 Å². The number of hydrogen-bond donors (Lipinski definition) is 0. The predicted molar refractivity (Wildman–Crippen MR) is 122 cm³/mol. The molecule has 1 aromatic rings. The van der Waals surface area contributed by atoms with E-state index >= 15 is 0 Å². The summed E-state index contributed by atoms with van der Waals surface area (Å²) in [6.07, 6.45) is 2.34. The van der Waals surface area contributed by atoms with Gasteiger partial charge in [0.2, 0.25) is 0 Å². The first-order valence-corrected chi connectivity index (χ1v) is 10.9. The van der Waals surface area contributed by atoms with Gasteiger partial charge in [0, 0.05) is 0 Å². The van der Waals surface area contributed by atoms with E-state index in [1.165, 1.54) is 0 Å². The van der Waals surface area contributed by atoms with Crippen molar-refractivity contribution >= 4 is 11.9 Å². The van der Waals surface area contributed by atoms with Gasteiger partial charge in [-0.15, -0.1) is 0 Å². The van der Waals surface area contributed by atoms with E-state index in [-0.39, 0.29) is 22.8 Å². The van der Waals surface area contributed by atoms with E-state index in [2.05, 4.69) is 34.6 Å². The molecule has 0 saturated heterocycles. The van der Waals surface area contributed by atoms with Crippen LogP contribution in [-0.4, -0.2) is 18.5 Å². The van der Waals surface area contributed by atoms with E-state index in [0.717, 1.165) is 24.8 Å². The summed E-state index contributed by atoms with van der Waals surface area (Å²) in [6.45, 7) is 20.4. The second-order valence-electron chi connectivity index (χ2n) is 12.1. The Hall–Kier alpha value is -1.84. The molecule has 0 amide bonds. The zero-order valence-electron chi connectivity index (χ0n) is 20.8. The topological polar surface area (TPSA) is 52.6 Å². The summed E-state index contributed by atoms with van der Waals surface area (Å²) in [7, 11) is 0. The Bertz CT molecular complexity index is 730. The summed E-state index contributed by atoms with van der Waals surface area (Å²) in [4.78, 5) is 24.9. The van der Waals surface area contributed by atoms with Gasteiger partial charge in [-0.05, 0) is 76.3 Å². The summed E-state index contributed by atoms with van der Waals surface area (Å²) >= 11 is 0. The Kier molecular flexibility index (Phi) is 8.32. The maximum Gasteiger partial charge on any atom is 0.316 e. The normalized spacial score (nSPS) is 13.1. The quantitative estimate of drug-likeness (QED) is 0.352. The first-order chi connectivity index (χ1) is 13.4. The fourth-order valence-corrected chi connectivity index (χ4v) is 2.84. The van der Waals surface area contributed by atoms with E-state index in [1.807, 2.05) is 58.9 Å². The monoisotopic (exact) mass is 418 g/mol. The van der Waals surface area contributed by atoms with Crippen molar-refractivity contribution in [1.29, 1.82) is 0 Å². The average molecular weight is 419 g/mol. The summed E-state index contributed by atoms with van der Waals surface area (Å²) in [5.74, 6) is 0.234. The molecule has 1 aromatic carbocycles. The molecule has 0 unspecified atom stereocenters. The number of rotatable bonds is 8. The number of para-hydroxylation sites is 1. The fourth-order valence-electron chi connectivity index (χ4n) is 2.84. The lowest BCUT2D eigenvalue weighted by molar-refractivity contribution is -0.157. The first kappa shape index (κ1) is 26.2. The highest BCUT2D eigenvalue weighted by Crippen LogP contribution is 2.36. The van der Waals surface area contributed by atoms with Crippen LogP contribution >= 0.6 is 0 Å². The van der Waals surface area contributed by atoms with Crippen molar-refractivity contribution < 1.29 is 19.1 Å². The molecule has 4 nitrogen and oxygen atoms in total. The molecule has 0 heterocycles. The van der Waals surface area contributed by atoms with Crippen molar-refractivity contribution in [2.75, 3.05) is 6.61 Å². The Morgan fingerprint density at radius 1 is 0.800 bits per heavy atom. The van der Waals surface area contributed by atoms with Crippen LogP contribution in [0.1, 0.15) is 87.6 Å². The SMILES string of the molecule is CC(C)(C)COC(=O)C(C)(C)CCC(C)(C)Cc1ccccc1OC(=O)C(C)(C)C. The number of carbonyl (C=O) groups excluding carboxylic acids is 2. The maximum absolute atomic E-state index is 12.6. The zero-order valence-corrected chi connectivity index (χ0v) is 20.8. The molecule has 0 N–H and O–H groups in total. The summed E-state index contributed by atoms with van der Waals surface area (Å²) in [5.41, 5.74) is -0.195. The Labute approximate surface area is 183 Å². The van der Waals surface area contributed by atoms with Gasteiger partial charge in [-0.1, -0.05) is 52.8 Å². The molecule has 0 saturated carbocycles. The molecule has 0 aliphatic carbocycles. The van der Waals surface area contributed by atoms with Crippen LogP contribution in [0.3, 0.4) is 0 Å². The minimum absolute atomic E-state index is 0.0425. The first-order valence-electron chi connectivity index (χ1n) is 10.9. The van der Waals surface area contributed by atoms with Gasteiger partial charge >= 0.3 is 11.9 Å². The third kappa shape index (κ3) is 8.89. The van der Waals surface area contributed by atoms with E-state index in [0.29, 0.717) is 12.4 Å². The van der Waals surface area contributed by atoms with Crippen LogP contribution in [0.4, 0.5) is 0 Å². The van der Waals surface area contributed by atoms with Gasteiger partial charge < -0.3 is 9.47 Å². The lowest BCUT2D eigenvalue weighted by Gasteiger charge is -2.31. The highest BCUT2D eigenvalue weighted by molar-refractivity contribution is 5.78. The van der Waals surface area contributed by atoms with Gasteiger partial charge in [0.1, 0.15) is 5.75 Å². The molecule has 0 atom stereocenters. The van der Waals surface area contributed by atoms with Crippen molar-refractivity contribution in [2.45, 2.75) is 88.5 Å². The largest absolute Gasteiger partial charge is 0.465 e. The van der Waals surface area contributed by atoms with Gasteiger partial charge in [-0.3, -0.25) is 9.59 Å². The molecule has 30 heavy (non-hydrogen) atoms. The molecule has 1 rings (SSSR count). The summed E-state index contributed by atoms with van der Waals surface area (Å²) in [5, 5.41) is 0. The minimum atomic E-state index is -0.555. The predicted octanol–water partition coefficient (Wildman–Crippen LogP) is 6.60. The average Bonchev–Trinajstić information content (AvgIpc) is 2.58. The number of ether oxygens (including phenoxy) is 2. The Morgan fingerprint density at radius 3 is 1.90 bits per heavy atom. The molecule has 0 spiro atoms. The van der Waals surface area contributed by atoms with Crippen molar-refractivity contribution in [2.24, 2.45) is 21.7 Å². The third-order valence-electron chi connectivity index (χ3n) is 5.07. The second-order valence-corrected chi connectivity index (χ2v) is 12.1. The van der Waals surface area contributed by atoms with Crippen LogP contribution in [0.15, 0.2) is 24.3 Å². The van der Waals surface area contributed by atoms with Crippen molar-refractivity contribution in [1.82, 2.24) is 0 Å². The van der Waals surface area contributed by atoms with E-state index in [4.69, 9.17) is 9.47 Å². The zero-order chi connectivity index (χ0) is 23.4. The minimum Gasteiger partial charge on any atom is -0.465 e. The Balaban J connectivity index is 2.80. The van der Waals surface area contributed by atoms with Crippen LogP contribution in [0.5, 0.6) is 5.75 Å². The Morgan fingerprint density at radius 2 is 1.37 bits per heavy atom. The smallest absolute Gasteiger partial charge is 0.316 e. The molecule has 0 aromatic heterocycles. The summed E-state index contributed by atoms with van der Waals surface area (Å²) < 4.78 is 11.2. The third-order valence-corrected chi connectivity index (χ3v) is 5.07. The van der Waals surface area contributed by atoms with Crippen molar-refractivity contribution in [3.05, 3.63) is 29.8 Å². The van der Waals surface area contributed by atoms with Gasteiger partial charge in [0.25, 0.3) is 0 Å². The molecule has 4 heteroatoms. The van der Waals surface area contributed by atoms with Gasteiger partial charge in [0.15, 0.2) is 0 Å². The lowest BCUT2D eigenvalue weighted by atomic mass is 9.76. The molecule has 170 valence electrons. The molecule has 0 aliphatic rings.